The van der Waals surface area contributed by atoms with Gasteiger partial charge in [0.1, 0.15) is 5.25 Å². The van der Waals surface area contributed by atoms with Gasteiger partial charge in [-0.15, -0.1) is 0 Å². The second-order valence-corrected chi connectivity index (χ2v) is 7.19. The smallest absolute Gasteiger partial charge is 0.237 e. The SMILES string of the molecule is COc1cc(CN2CC(S(=O)(=O)Cl)CC2=O)ccn1. The number of amides is 1. The third kappa shape index (κ3) is 3.36. The molecule has 2 heterocycles. The number of aromatic nitrogens is 1. The van der Waals surface area contributed by atoms with E-state index in [0.29, 0.717) is 12.4 Å². The van der Waals surface area contributed by atoms with Crippen molar-refractivity contribution in [1.82, 2.24) is 9.88 Å². The van der Waals surface area contributed by atoms with Gasteiger partial charge in [0.25, 0.3) is 0 Å². The van der Waals surface area contributed by atoms with Gasteiger partial charge in [0.15, 0.2) is 0 Å². The van der Waals surface area contributed by atoms with E-state index in [4.69, 9.17) is 15.4 Å². The van der Waals surface area contributed by atoms with Crippen molar-refractivity contribution in [2.24, 2.45) is 0 Å². The van der Waals surface area contributed by atoms with E-state index in [0.717, 1.165) is 5.56 Å². The molecule has 19 heavy (non-hydrogen) atoms. The van der Waals surface area contributed by atoms with Crippen LogP contribution in [0.4, 0.5) is 0 Å². The van der Waals surface area contributed by atoms with E-state index in [1.54, 1.807) is 18.3 Å². The molecule has 0 spiro atoms. The highest BCUT2D eigenvalue weighted by atomic mass is 35.7. The number of likely N-dealkylation sites (tertiary alicyclic amines) is 1. The van der Waals surface area contributed by atoms with Crippen molar-refractivity contribution >= 4 is 25.6 Å². The van der Waals surface area contributed by atoms with Crippen LogP contribution in [0.2, 0.25) is 0 Å². The molecule has 1 unspecified atom stereocenters. The van der Waals surface area contributed by atoms with E-state index in [1.165, 1.54) is 12.0 Å². The van der Waals surface area contributed by atoms with Gasteiger partial charge in [-0.3, -0.25) is 4.79 Å². The predicted octanol–water partition coefficient (Wildman–Crippen LogP) is 0.760. The van der Waals surface area contributed by atoms with Gasteiger partial charge in [0, 0.05) is 42.5 Å². The second kappa shape index (κ2) is 5.34. The van der Waals surface area contributed by atoms with Crippen LogP contribution < -0.4 is 4.74 Å². The summed E-state index contributed by atoms with van der Waals surface area (Å²) in [5, 5.41) is -0.828. The highest BCUT2D eigenvalue weighted by molar-refractivity contribution is 8.14. The fourth-order valence-corrected chi connectivity index (χ4v) is 3.02. The number of rotatable bonds is 4. The van der Waals surface area contributed by atoms with Crippen molar-refractivity contribution in [3.63, 3.8) is 0 Å². The summed E-state index contributed by atoms with van der Waals surface area (Å²) < 4.78 is 27.5. The summed E-state index contributed by atoms with van der Waals surface area (Å²) in [4.78, 5) is 17.2. The zero-order valence-electron chi connectivity index (χ0n) is 10.2. The van der Waals surface area contributed by atoms with E-state index in [1.807, 2.05) is 0 Å². The quantitative estimate of drug-likeness (QED) is 0.768. The van der Waals surface area contributed by atoms with E-state index in [9.17, 15) is 13.2 Å². The number of carbonyl (C=O) groups is 1. The van der Waals surface area contributed by atoms with Gasteiger partial charge in [-0.2, -0.15) is 0 Å². The minimum atomic E-state index is -3.70. The average molecular weight is 305 g/mol. The van der Waals surface area contributed by atoms with Crippen LogP contribution in [0.15, 0.2) is 18.3 Å². The Morgan fingerprint density at radius 3 is 2.89 bits per heavy atom. The number of nitrogens with zero attached hydrogens (tertiary/aromatic N) is 2. The lowest BCUT2D eigenvalue weighted by Gasteiger charge is -2.16. The number of hydrogen-bond acceptors (Lipinski definition) is 5. The average Bonchev–Trinajstić information content (AvgIpc) is 2.71. The molecule has 0 aliphatic carbocycles. The lowest BCUT2D eigenvalue weighted by Crippen LogP contribution is -2.26. The molecule has 2 rings (SSSR count). The van der Waals surface area contributed by atoms with Crippen LogP contribution in [0, 0.1) is 0 Å². The van der Waals surface area contributed by atoms with Crippen LogP contribution in [-0.4, -0.2) is 43.1 Å². The Labute approximate surface area is 115 Å². The Kier molecular flexibility index (Phi) is 3.96. The zero-order chi connectivity index (χ0) is 14.0. The minimum Gasteiger partial charge on any atom is -0.481 e. The number of halogens is 1. The predicted molar refractivity (Wildman–Crippen MR) is 69.4 cm³/mol. The Balaban J connectivity index is 2.09. The van der Waals surface area contributed by atoms with Crippen molar-refractivity contribution in [2.75, 3.05) is 13.7 Å². The van der Waals surface area contributed by atoms with Crippen LogP contribution in [0.3, 0.4) is 0 Å². The van der Waals surface area contributed by atoms with Gasteiger partial charge in [-0.1, -0.05) is 0 Å². The molecule has 1 aromatic rings. The Morgan fingerprint density at radius 2 is 2.32 bits per heavy atom. The molecule has 1 aliphatic rings. The largest absolute Gasteiger partial charge is 0.481 e. The molecule has 1 aliphatic heterocycles. The summed E-state index contributed by atoms with van der Waals surface area (Å²) in [6.07, 6.45) is 1.51. The van der Waals surface area contributed by atoms with Gasteiger partial charge in [0.2, 0.25) is 20.8 Å². The molecule has 0 aromatic carbocycles. The normalized spacial score (nSPS) is 19.8. The first-order chi connectivity index (χ1) is 8.90. The highest BCUT2D eigenvalue weighted by Gasteiger charge is 2.37. The molecular formula is C11H13ClN2O4S. The first-order valence-corrected chi connectivity index (χ1v) is 7.97. The number of hydrogen-bond donors (Lipinski definition) is 0. The summed E-state index contributed by atoms with van der Waals surface area (Å²) in [6, 6.07) is 3.45. The number of carbonyl (C=O) groups excluding carboxylic acids is 1. The molecule has 8 heteroatoms. The summed E-state index contributed by atoms with van der Waals surface area (Å²) in [7, 11) is 3.09. The maximum Gasteiger partial charge on any atom is 0.237 e. The molecule has 6 nitrogen and oxygen atoms in total. The van der Waals surface area contributed by atoms with E-state index in [2.05, 4.69) is 4.98 Å². The van der Waals surface area contributed by atoms with Crippen LogP contribution in [-0.2, 0) is 20.4 Å². The number of ether oxygens (including phenoxy) is 1. The van der Waals surface area contributed by atoms with Crippen LogP contribution in [0.25, 0.3) is 0 Å². The molecule has 0 saturated carbocycles. The van der Waals surface area contributed by atoms with Crippen molar-refractivity contribution in [3.05, 3.63) is 23.9 Å². The minimum absolute atomic E-state index is 0.0615. The summed E-state index contributed by atoms with van der Waals surface area (Å²) in [5.74, 6) is 0.232. The zero-order valence-corrected chi connectivity index (χ0v) is 11.8. The highest BCUT2D eigenvalue weighted by Crippen LogP contribution is 2.23. The van der Waals surface area contributed by atoms with Crippen molar-refractivity contribution in [2.45, 2.75) is 18.2 Å². The Hall–Kier alpha value is -1.34. The molecule has 1 atom stereocenters. The molecule has 1 fully saturated rings. The monoisotopic (exact) mass is 304 g/mol. The van der Waals surface area contributed by atoms with Gasteiger partial charge < -0.3 is 9.64 Å². The maximum absolute atomic E-state index is 11.7. The van der Waals surface area contributed by atoms with E-state index < -0.39 is 14.3 Å². The summed E-state index contributed by atoms with van der Waals surface area (Å²) in [5.41, 5.74) is 0.827. The molecule has 0 bridgehead atoms. The van der Waals surface area contributed by atoms with Crippen molar-refractivity contribution < 1.29 is 17.9 Å². The third-order valence-electron chi connectivity index (χ3n) is 2.96. The lowest BCUT2D eigenvalue weighted by atomic mass is 10.2. The Bertz CT molecular complexity index is 590. The molecule has 0 N–H and O–H groups in total. The number of pyridine rings is 1. The van der Waals surface area contributed by atoms with Crippen molar-refractivity contribution in [1.29, 1.82) is 0 Å². The van der Waals surface area contributed by atoms with Crippen LogP contribution >= 0.6 is 10.7 Å². The van der Waals surface area contributed by atoms with Crippen LogP contribution in [0.1, 0.15) is 12.0 Å². The van der Waals surface area contributed by atoms with Gasteiger partial charge in [-0.05, 0) is 11.6 Å². The molecule has 0 radical (unpaired) electrons. The summed E-state index contributed by atoms with van der Waals surface area (Å²) >= 11 is 0. The summed E-state index contributed by atoms with van der Waals surface area (Å²) in [6.45, 7) is 0.440. The number of methoxy groups -OCH3 is 1. The molecule has 1 amide bonds. The lowest BCUT2D eigenvalue weighted by molar-refractivity contribution is -0.128. The van der Waals surface area contributed by atoms with Gasteiger partial charge in [-0.25, -0.2) is 13.4 Å². The standard InChI is InChI=1S/C11H13ClN2O4S/c1-18-10-4-8(2-3-13-10)6-14-7-9(5-11(14)15)19(12,16)17/h2-4,9H,5-7H2,1H3. The topological polar surface area (TPSA) is 76.6 Å². The fourth-order valence-electron chi connectivity index (χ4n) is 1.96. The first-order valence-electron chi connectivity index (χ1n) is 5.60. The fraction of sp³-hybridized carbons (Fsp3) is 0.455. The Morgan fingerprint density at radius 1 is 1.58 bits per heavy atom. The second-order valence-electron chi connectivity index (χ2n) is 4.28. The first kappa shape index (κ1) is 14.1. The van der Waals surface area contributed by atoms with Gasteiger partial charge in [0.05, 0.1) is 7.11 Å². The van der Waals surface area contributed by atoms with Crippen LogP contribution in [0.5, 0.6) is 5.88 Å². The molecular weight excluding hydrogens is 292 g/mol. The third-order valence-corrected chi connectivity index (χ3v) is 4.83. The van der Waals surface area contributed by atoms with E-state index >= 15 is 0 Å². The molecule has 1 aromatic heterocycles. The maximum atomic E-state index is 11.7. The molecule has 104 valence electrons. The van der Waals surface area contributed by atoms with E-state index in [-0.39, 0.29) is 18.9 Å². The molecule has 1 saturated heterocycles. The van der Waals surface area contributed by atoms with Gasteiger partial charge >= 0.3 is 0 Å². The van der Waals surface area contributed by atoms with Crippen molar-refractivity contribution in [3.8, 4) is 5.88 Å².